The van der Waals surface area contributed by atoms with E-state index in [1.54, 1.807) is 24.3 Å². The Morgan fingerprint density at radius 3 is 1.75 bits per heavy atom. The third-order valence-electron chi connectivity index (χ3n) is 5.46. The number of hydrogen-bond donors (Lipinski definition) is 1. The van der Waals surface area contributed by atoms with Crippen LogP contribution in [-0.4, -0.2) is 55.3 Å². The minimum atomic E-state index is -3.29. The summed E-state index contributed by atoms with van der Waals surface area (Å²) in [4.78, 5) is 0. The Morgan fingerprint density at radius 2 is 1.39 bits per heavy atom. The van der Waals surface area contributed by atoms with Crippen molar-refractivity contribution in [1.82, 2.24) is 10.1 Å². The van der Waals surface area contributed by atoms with Crippen LogP contribution < -0.4 is 4.43 Å². The van der Waals surface area contributed by atoms with Crippen molar-refractivity contribution in [3.8, 4) is 5.75 Å². The van der Waals surface area contributed by atoms with Crippen molar-refractivity contribution in [2.75, 3.05) is 19.8 Å². The van der Waals surface area contributed by atoms with Gasteiger partial charge in [-0.05, 0) is 66.2 Å². The Kier molecular flexibility index (Phi) is 7.27. The third-order valence-corrected chi connectivity index (χ3v) is 7.87. The molecule has 9 heteroatoms. The van der Waals surface area contributed by atoms with Crippen LogP contribution in [0.2, 0.25) is 0 Å². The van der Waals surface area contributed by atoms with Crippen LogP contribution in [0.15, 0.2) is 24.3 Å². The first-order valence-electron chi connectivity index (χ1n) is 9.71. The maximum absolute atomic E-state index is 12.9. The topological polar surface area (TPSA) is 86.7 Å². The number of benzene rings is 1. The van der Waals surface area contributed by atoms with Crippen molar-refractivity contribution in [2.24, 2.45) is 0 Å². The average Bonchev–Trinajstić information content (AvgIpc) is 2.74. The molecule has 1 aliphatic rings. The molecule has 1 aromatic carbocycles. The molecule has 0 radical (unpaired) electrons. The lowest BCUT2D eigenvalue weighted by Gasteiger charge is -2.44. The van der Waals surface area contributed by atoms with Gasteiger partial charge in [0.15, 0.2) is 0 Å². The fourth-order valence-corrected chi connectivity index (χ4v) is 5.05. The van der Waals surface area contributed by atoms with Crippen molar-refractivity contribution in [2.45, 2.75) is 65.7 Å². The Bertz CT molecular complexity index is 603. The van der Waals surface area contributed by atoms with Crippen LogP contribution in [0.1, 0.15) is 60.2 Å². The molecule has 0 amide bonds. The molecule has 0 saturated carbocycles. The summed E-state index contributed by atoms with van der Waals surface area (Å²) in [6.45, 7) is 14.1. The summed E-state index contributed by atoms with van der Waals surface area (Å²) in [5.41, 5.74) is -0.807. The average molecular weight is 414 g/mol. The summed E-state index contributed by atoms with van der Waals surface area (Å²) in [6.07, 6.45) is -0.799. The molecule has 1 fully saturated rings. The molecule has 0 aliphatic carbocycles. The highest BCUT2D eigenvalue weighted by Gasteiger charge is 2.54. The fourth-order valence-electron chi connectivity index (χ4n) is 3.13. The van der Waals surface area contributed by atoms with E-state index in [4.69, 9.17) is 17.7 Å². The van der Waals surface area contributed by atoms with E-state index in [1.165, 1.54) is 0 Å². The lowest BCUT2D eigenvalue weighted by molar-refractivity contribution is -0.178. The van der Waals surface area contributed by atoms with E-state index in [-0.39, 0.29) is 0 Å². The molecule has 160 valence electrons. The molecule has 8 nitrogen and oxygen atoms in total. The van der Waals surface area contributed by atoms with Gasteiger partial charge in [-0.1, -0.05) is 12.1 Å². The summed E-state index contributed by atoms with van der Waals surface area (Å²) in [5, 5.41) is 25.6. The van der Waals surface area contributed by atoms with Crippen LogP contribution in [0.4, 0.5) is 0 Å². The van der Waals surface area contributed by atoms with Gasteiger partial charge in [0.05, 0.1) is 5.54 Å². The molecule has 0 aromatic heterocycles. The number of rotatable bonds is 9. The van der Waals surface area contributed by atoms with E-state index >= 15 is 0 Å². The minimum Gasteiger partial charge on any atom is -0.783 e. The Morgan fingerprint density at radius 1 is 0.929 bits per heavy atom. The van der Waals surface area contributed by atoms with E-state index in [1.807, 2.05) is 48.5 Å². The molecular formula is C19H33N2O6Si-. The van der Waals surface area contributed by atoms with Crippen molar-refractivity contribution >= 4 is 9.05 Å². The highest BCUT2D eigenvalue weighted by molar-refractivity contribution is 6.54. The second kappa shape index (κ2) is 8.76. The largest absolute Gasteiger partial charge is 0.783 e. The van der Waals surface area contributed by atoms with Crippen LogP contribution in [0.5, 0.6) is 5.75 Å². The second-order valence-corrected chi connectivity index (χ2v) is 9.70. The Labute approximate surface area is 169 Å². The monoisotopic (exact) mass is 413 g/mol. The predicted molar refractivity (Wildman–Crippen MR) is 107 cm³/mol. The fraction of sp³-hybridized carbons (Fsp3) is 0.684. The van der Waals surface area contributed by atoms with Gasteiger partial charge < -0.3 is 33.2 Å². The first-order valence-corrected chi connectivity index (χ1v) is 11.3. The molecule has 1 unspecified atom stereocenters. The van der Waals surface area contributed by atoms with Gasteiger partial charge in [-0.25, -0.2) is 0 Å². The van der Waals surface area contributed by atoms with Gasteiger partial charge >= 0.3 is 9.05 Å². The molecule has 0 spiro atoms. The lowest BCUT2D eigenvalue weighted by Crippen LogP contribution is -2.52. The van der Waals surface area contributed by atoms with Crippen molar-refractivity contribution in [1.29, 1.82) is 0 Å². The standard InChI is InChI=1S/C19H33N2O6Si/c1-8-24-28(25-9-2,26-10-3)27-16-13-11-15(12-14-16)17-20(22)18(4,5)19(6,7)21(17)23/h11-14,17,22H,8-10H2,1-7H3/q-1. The van der Waals surface area contributed by atoms with Gasteiger partial charge in [0, 0.05) is 25.4 Å². The molecular weight excluding hydrogens is 380 g/mol. The van der Waals surface area contributed by atoms with E-state index < -0.39 is 26.3 Å². The SMILES string of the molecule is CCO[Si](OCC)(OCC)Oc1ccc(C2N([O-])C(C)(C)C(C)(C)N2O)cc1. The third kappa shape index (κ3) is 4.12. The van der Waals surface area contributed by atoms with Crippen LogP contribution in [0, 0.1) is 5.21 Å². The highest BCUT2D eigenvalue weighted by Crippen LogP contribution is 2.48. The first-order chi connectivity index (χ1) is 13.1. The Balaban J connectivity index is 2.25. The molecule has 28 heavy (non-hydrogen) atoms. The van der Waals surface area contributed by atoms with Gasteiger partial charge in [-0.3, -0.25) is 0 Å². The molecule has 1 aromatic rings. The normalized spacial score (nSPS) is 22.5. The van der Waals surface area contributed by atoms with E-state index in [0.717, 1.165) is 10.1 Å². The summed E-state index contributed by atoms with van der Waals surface area (Å²) < 4.78 is 23.1. The van der Waals surface area contributed by atoms with Gasteiger partial charge in [-0.15, -0.1) is 0 Å². The zero-order valence-electron chi connectivity index (χ0n) is 17.9. The first kappa shape index (κ1) is 23.2. The maximum Gasteiger partial charge on any atom is 0.749 e. The molecule has 0 bridgehead atoms. The second-order valence-electron chi connectivity index (χ2n) is 7.63. The summed E-state index contributed by atoms with van der Waals surface area (Å²) in [5.74, 6) is 0.518. The maximum atomic E-state index is 12.9. The van der Waals surface area contributed by atoms with E-state index in [0.29, 0.717) is 31.1 Å². The molecule has 1 aliphatic heterocycles. The van der Waals surface area contributed by atoms with Crippen LogP contribution >= 0.6 is 0 Å². The van der Waals surface area contributed by atoms with Gasteiger partial charge in [0.25, 0.3) is 0 Å². The van der Waals surface area contributed by atoms with Crippen LogP contribution in [0.3, 0.4) is 0 Å². The summed E-state index contributed by atoms with van der Waals surface area (Å²) >= 11 is 0. The lowest BCUT2D eigenvalue weighted by atomic mass is 9.84. The van der Waals surface area contributed by atoms with E-state index in [9.17, 15) is 10.4 Å². The Hall–Kier alpha value is -1.04. The molecule has 1 N–H and O–H groups in total. The molecule has 1 heterocycles. The van der Waals surface area contributed by atoms with Gasteiger partial charge in [-0.2, -0.15) is 5.06 Å². The van der Waals surface area contributed by atoms with Crippen molar-refractivity contribution in [3.05, 3.63) is 35.0 Å². The summed E-state index contributed by atoms with van der Waals surface area (Å²) in [6, 6.07) is 6.98. The smallest absolute Gasteiger partial charge is 0.749 e. The highest BCUT2D eigenvalue weighted by atomic mass is 28.4. The summed E-state index contributed by atoms with van der Waals surface area (Å²) in [7, 11) is -3.29. The van der Waals surface area contributed by atoms with Crippen LogP contribution in [0.25, 0.3) is 0 Å². The van der Waals surface area contributed by atoms with Crippen molar-refractivity contribution < 1.29 is 22.9 Å². The molecule has 1 atom stereocenters. The van der Waals surface area contributed by atoms with Gasteiger partial charge in [0.1, 0.15) is 11.9 Å². The minimum absolute atomic E-state index is 0.404. The number of hydrogen-bond acceptors (Lipinski definition) is 8. The number of nitrogens with zero attached hydrogens (tertiary/aromatic N) is 2. The quantitative estimate of drug-likeness (QED) is 0.614. The van der Waals surface area contributed by atoms with Gasteiger partial charge in [0.2, 0.25) is 0 Å². The number of hydroxylamine groups is 4. The van der Waals surface area contributed by atoms with E-state index in [2.05, 4.69) is 0 Å². The predicted octanol–water partition coefficient (Wildman–Crippen LogP) is 3.67. The zero-order valence-corrected chi connectivity index (χ0v) is 18.9. The zero-order chi connectivity index (χ0) is 21.2. The molecule has 2 rings (SSSR count). The molecule has 1 saturated heterocycles. The van der Waals surface area contributed by atoms with Crippen LogP contribution in [-0.2, 0) is 13.3 Å². The van der Waals surface area contributed by atoms with Crippen molar-refractivity contribution in [3.63, 3.8) is 0 Å².